The van der Waals surface area contributed by atoms with Crippen molar-refractivity contribution in [1.82, 2.24) is 9.55 Å². The Bertz CT molecular complexity index is 1440. The molecule has 1 aliphatic heterocycles. The molecule has 2 heterocycles. The Morgan fingerprint density at radius 1 is 1.03 bits per heavy atom. The van der Waals surface area contributed by atoms with Crippen molar-refractivity contribution in [3.63, 3.8) is 0 Å². The van der Waals surface area contributed by atoms with Gasteiger partial charge in [0, 0.05) is 11.6 Å². The van der Waals surface area contributed by atoms with Crippen LogP contribution >= 0.6 is 11.8 Å². The van der Waals surface area contributed by atoms with Crippen LogP contribution in [-0.4, -0.2) is 27.9 Å². The number of rotatable bonds is 5. The lowest BCUT2D eigenvalue weighted by Crippen LogP contribution is -2.23. The molecule has 0 fully saturated rings. The molecule has 0 saturated heterocycles. The van der Waals surface area contributed by atoms with Crippen molar-refractivity contribution in [1.29, 1.82) is 0 Å². The number of carbonyl (C=O) groups excluding carboxylic acids is 1. The zero-order valence-corrected chi connectivity index (χ0v) is 17.2. The van der Waals surface area contributed by atoms with E-state index >= 15 is 0 Å². The van der Waals surface area contributed by atoms with Gasteiger partial charge in [-0.1, -0.05) is 23.9 Å². The average Bonchev–Trinajstić information content (AvgIpc) is 3.26. The van der Waals surface area contributed by atoms with Gasteiger partial charge in [0.15, 0.2) is 22.4 Å². The fraction of sp³-hybridized carbons (Fsp3) is 0.0870. The van der Waals surface area contributed by atoms with Crippen LogP contribution in [-0.2, 0) is 0 Å². The molecule has 160 valence electrons. The van der Waals surface area contributed by atoms with E-state index < -0.39 is 17.2 Å². The predicted molar refractivity (Wildman–Crippen MR) is 115 cm³/mol. The van der Waals surface area contributed by atoms with Crippen molar-refractivity contribution >= 4 is 28.4 Å². The van der Waals surface area contributed by atoms with E-state index in [2.05, 4.69) is 4.98 Å². The molecule has 0 amide bonds. The van der Waals surface area contributed by atoms with Crippen LogP contribution in [0.5, 0.6) is 11.5 Å². The first-order valence-electron chi connectivity index (χ1n) is 9.54. The van der Waals surface area contributed by atoms with Gasteiger partial charge < -0.3 is 9.47 Å². The van der Waals surface area contributed by atoms with Gasteiger partial charge in [0.05, 0.1) is 22.3 Å². The molecule has 0 atom stereocenters. The number of para-hydroxylation sites is 1. The highest BCUT2D eigenvalue weighted by Gasteiger charge is 2.20. The molecule has 3 aromatic carbocycles. The highest BCUT2D eigenvalue weighted by atomic mass is 32.2. The molecule has 0 aliphatic carbocycles. The number of thioether (sulfide) groups is 1. The number of ketones is 1. The highest BCUT2D eigenvalue weighted by Crippen LogP contribution is 2.33. The minimum Gasteiger partial charge on any atom is -0.454 e. The molecule has 5 rings (SSSR count). The Labute approximate surface area is 184 Å². The van der Waals surface area contributed by atoms with Gasteiger partial charge in [-0.2, -0.15) is 0 Å². The van der Waals surface area contributed by atoms with Crippen molar-refractivity contribution in [3.8, 4) is 17.2 Å². The van der Waals surface area contributed by atoms with Crippen molar-refractivity contribution < 1.29 is 23.0 Å². The number of hydrogen-bond acceptors (Lipinski definition) is 6. The van der Waals surface area contributed by atoms with Crippen molar-refractivity contribution in [2.45, 2.75) is 5.16 Å². The fourth-order valence-corrected chi connectivity index (χ4v) is 4.27. The monoisotopic (exact) mass is 452 g/mol. The van der Waals surface area contributed by atoms with Crippen LogP contribution in [0.15, 0.2) is 70.6 Å². The zero-order chi connectivity index (χ0) is 22.2. The molecule has 0 bridgehead atoms. The molecular weight excluding hydrogens is 438 g/mol. The number of hydrogen-bond donors (Lipinski definition) is 0. The van der Waals surface area contributed by atoms with E-state index in [1.165, 1.54) is 6.07 Å². The van der Waals surface area contributed by atoms with Crippen LogP contribution in [0.25, 0.3) is 16.6 Å². The second-order valence-electron chi connectivity index (χ2n) is 6.93. The van der Waals surface area contributed by atoms with E-state index in [9.17, 15) is 18.4 Å². The summed E-state index contributed by atoms with van der Waals surface area (Å²) in [4.78, 5) is 30.4. The van der Waals surface area contributed by atoms with Crippen LogP contribution in [0, 0.1) is 11.6 Å². The molecule has 0 unspecified atom stereocenters. The number of aromatic nitrogens is 2. The van der Waals surface area contributed by atoms with Crippen LogP contribution in [0.1, 0.15) is 10.4 Å². The zero-order valence-electron chi connectivity index (χ0n) is 16.4. The third-order valence-electron chi connectivity index (χ3n) is 4.92. The Morgan fingerprint density at radius 2 is 1.84 bits per heavy atom. The molecule has 1 aliphatic rings. The Hall–Kier alpha value is -3.72. The molecular formula is C23H14F2N2O4S. The minimum absolute atomic E-state index is 0.0623. The van der Waals surface area contributed by atoms with Crippen molar-refractivity contribution in [2.75, 3.05) is 12.5 Å². The third-order valence-corrected chi connectivity index (χ3v) is 5.86. The number of carbonyl (C=O) groups is 1. The number of nitrogens with zero attached hydrogens (tertiary/aromatic N) is 2. The van der Waals surface area contributed by atoms with E-state index in [1.807, 2.05) is 0 Å². The quantitative estimate of drug-likeness (QED) is 0.255. The van der Waals surface area contributed by atoms with Gasteiger partial charge in [-0.05, 0) is 42.5 Å². The second kappa shape index (κ2) is 8.08. The van der Waals surface area contributed by atoms with E-state index in [4.69, 9.17) is 9.47 Å². The lowest BCUT2D eigenvalue weighted by molar-refractivity contribution is 0.102. The molecule has 32 heavy (non-hydrogen) atoms. The third kappa shape index (κ3) is 3.60. The summed E-state index contributed by atoms with van der Waals surface area (Å²) in [6.07, 6.45) is 0. The molecule has 4 aromatic rings. The number of halogens is 2. The first-order valence-corrected chi connectivity index (χ1v) is 10.5. The smallest absolute Gasteiger partial charge is 0.266 e. The number of Topliss-reactive ketones (excluding diaryl/α,β-unsaturated/α-hetero) is 1. The summed E-state index contributed by atoms with van der Waals surface area (Å²) in [5.74, 6) is -0.927. The highest BCUT2D eigenvalue weighted by molar-refractivity contribution is 7.99. The number of ether oxygens (including phenoxy) is 2. The maximum Gasteiger partial charge on any atom is 0.266 e. The molecule has 0 saturated carbocycles. The maximum absolute atomic E-state index is 14.6. The largest absolute Gasteiger partial charge is 0.454 e. The Morgan fingerprint density at radius 3 is 2.69 bits per heavy atom. The standard InChI is InChI=1S/C23H14F2N2O4S/c24-14-6-7-18(16(25)10-14)27-22(29)15-3-1-2-4-17(15)26-23(27)32-11-19(28)13-5-8-20-21(9-13)31-12-30-20/h1-10H,11-12H2. The summed E-state index contributed by atoms with van der Waals surface area (Å²) in [5.41, 5.74) is 0.158. The Balaban J connectivity index is 1.54. The molecule has 1 aromatic heterocycles. The average molecular weight is 452 g/mol. The van der Waals surface area contributed by atoms with Gasteiger partial charge in [0.25, 0.3) is 5.56 Å². The SMILES string of the molecule is O=C(CSc1nc2ccccc2c(=O)n1-c1ccc(F)cc1F)c1ccc2c(c1)OCO2. The minimum atomic E-state index is -0.909. The molecule has 6 nitrogen and oxygen atoms in total. The molecule has 0 spiro atoms. The fourth-order valence-electron chi connectivity index (χ4n) is 3.37. The summed E-state index contributed by atoms with van der Waals surface area (Å²) < 4.78 is 39.6. The van der Waals surface area contributed by atoms with Gasteiger partial charge in [-0.25, -0.2) is 13.8 Å². The van der Waals surface area contributed by atoms with Crippen molar-refractivity contribution in [3.05, 3.63) is 88.2 Å². The van der Waals surface area contributed by atoms with E-state index in [0.29, 0.717) is 28.6 Å². The first kappa shape index (κ1) is 20.2. The first-order chi connectivity index (χ1) is 15.5. The van der Waals surface area contributed by atoms with Crippen LogP contribution < -0.4 is 15.0 Å². The summed E-state index contributed by atoms with van der Waals surface area (Å²) in [7, 11) is 0. The number of fused-ring (bicyclic) bond motifs is 2. The van der Waals surface area contributed by atoms with Gasteiger partial charge in [-0.15, -0.1) is 0 Å². The van der Waals surface area contributed by atoms with Crippen LogP contribution in [0.3, 0.4) is 0 Å². The summed E-state index contributed by atoms with van der Waals surface area (Å²) >= 11 is 0.990. The topological polar surface area (TPSA) is 70.4 Å². The van der Waals surface area contributed by atoms with Crippen molar-refractivity contribution in [2.24, 2.45) is 0 Å². The van der Waals surface area contributed by atoms with Gasteiger partial charge in [-0.3, -0.25) is 14.2 Å². The predicted octanol–water partition coefficient (Wildman–Crippen LogP) is 4.37. The van der Waals surface area contributed by atoms with Gasteiger partial charge in [0.1, 0.15) is 11.6 Å². The van der Waals surface area contributed by atoms with Crippen LogP contribution in [0.2, 0.25) is 0 Å². The van der Waals surface area contributed by atoms with E-state index in [1.54, 1.807) is 42.5 Å². The normalized spacial score (nSPS) is 12.3. The van der Waals surface area contributed by atoms with Crippen LogP contribution in [0.4, 0.5) is 8.78 Å². The van der Waals surface area contributed by atoms with Gasteiger partial charge in [0.2, 0.25) is 6.79 Å². The second-order valence-corrected chi connectivity index (χ2v) is 7.87. The number of benzene rings is 3. The summed E-state index contributed by atoms with van der Waals surface area (Å²) in [6.45, 7) is 0.0955. The molecule has 0 radical (unpaired) electrons. The summed E-state index contributed by atoms with van der Waals surface area (Å²) in [6, 6.07) is 14.4. The van der Waals surface area contributed by atoms with Gasteiger partial charge >= 0.3 is 0 Å². The summed E-state index contributed by atoms with van der Waals surface area (Å²) in [5, 5.41) is 0.399. The maximum atomic E-state index is 14.6. The molecule has 0 N–H and O–H groups in total. The van der Waals surface area contributed by atoms with E-state index in [0.717, 1.165) is 22.4 Å². The van der Waals surface area contributed by atoms with E-state index in [-0.39, 0.29) is 34.6 Å². The molecule has 9 heteroatoms. The Kier molecular flexibility index (Phi) is 5.10. The lowest BCUT2D eigenvalue weighted by atomic mass is 10.1. The lowest BCUT2D eigenvalue weighted by Gasteiger charge is -2.14.